The third-order valence-electron chi connectivity index (χ3n) is 3.16. The van der Waals surface area contributed by atoms with Crippen molar-refractivity contribution < 1.29 is 14.3 Å². The number of ether oxygens (including phenoxy) is 1. The summed E-state index contributed by atoms with van der Waals surface area (Å²) >= 11 is 0. The number of carbonyl (C=O) groups is 2. The quantitative estimate of drug-likeness (QED) is 0.639. The van der Waals surface area contributed by atoms with E-state index < -0.39 is 11.9 Å². The molecule has 0 spiro atoms. The standard InChI is InChI=1S/C16H12N2O3/c19-14-12-7-4-8-17-15(12)18-9-13(14)16(20)21-10-11-5-2-1-3-6-11/h1-9,13H,10H2. The highest BCUT2D eigenvalue weighted by Gasteiger charge is 2.32. The van der Waals surface area contributed by atoms with E-state index in [4.69, 9.17) is 4.74 Å². The van der Waals surface area contributed by atoms with E-state index in [0.29, 0.717) is 11.4 Å². The lowest BCUT2D eigenvalue weighted by molar-refractivity contribution is -0.145. The molecule has 0 bridgehead atoms. The van der Waals surface area contributed by atoms with E-state index >= 15 is 0 Å². The first-order chi connectivity index (χ1) is 10.3. The van der Waals surface area contributed by atoms with Gasteiger partial charge in [0.05, 0.1) is 5.56 Å². The molecule has 0 amide bonds. The third kappa shape index (κ3) is 2.72. The van der Waals surface area contributed by atoms with Gasteiger partial charge >= 0.3 is 5.97 Å². The minimum atomic E-state index is -0.995. The van der Waals surface area contributed by atoms with E-state index in [2.05, 4.69) is 9.98 Å². The molecule has 5 heteroatoms. The van der Waals surface area contributed by atoms with Gasteiger partial charge in [-0.2, -0.15) is 0 Å². The van der Waals surface area contributed by atoms with E-state index in [9.17, 15) is 9.59 Å². The topological polar surface area (TPSA) is 68.6 Å². The predicted octanol–water partition coefficient (Wildman–Crippen LogP) is 2.34. The van der Waals surface area contributed by atoms with Crippen molar-refractivity contribution >= 4 is 23.8 Å². The summed E-state index contributed by atoms with van der Waals surface area (Å²) in [5, 5.41) is 0. The zero-order chi connectivity index (χ0) is 14.7. The minimum Gasteiger partial charge on any atom is -0.460 e. The average Bonchev–Trinajstić information content (AvgIpc) is 2.54. The van der Waals surface area contributed by atoms with Gasteiger partial charge in [0, 0.05) is 12.4 Å². The number of aliphatic imine (C=N–C) groups is 1. The SMILES string of the molecule is O=C(OCc1ccccc1)C1C=Nc2ncccc2C1=O. The first-order valence-electron chi connectivity index (χ1n) is 6.49. The van der Waals surface area contributed by atoms with Crippen LogP contribution in [-0.2, 0) is 16.1 Å². The fraction of sp³-hybridized carbons (Fsp3) is 0.125. The lowest BCUT2D eigenvalue weighted by Crippen LogP contribution is -2.29. The summed E-state index contributed by atoms with van der Waals surface area (Å²) in [6.07, 6.45) is 2.85. The number of fused-ring (bicyclic) bond motifs is 1. The van der Waals surface area contributed by atoms with E-state index in [1.165, 1.54) is 6.21 Å². The van der Waals surface area contributed by atoms with Crippen molar-refractivity contribution in [3.63, 3.8) is 0 Å². The van der Waals surface area contributed by atoms with Gasteiger partial charge < -0.3 is 4.74 Å². The summed E-state index contributed by atoms with van der Waals surface area (Å²) in [6, 6.07) is 12.6. The molecule has 104 valence electrons. The zero-order valence-electron chi connectivity index (χ0n) is 11.1. The Morgan fingerprint density at radius 2 is 1.95 bits per heavy atom. The number of carbonyl (C=O) groups excluding carboxylic acids is 2. The molecule has 1 aromatic carbocycles. The van der Waals surface area contributed by atoms with Gasteiger partial charge in [0.1, 0.15) is 6.61 Å². The fourth-order valence-electron chi connectivity index (χ4n) is 2.06. The maximum Gasteiger partial charge on any atom is 0.322 e. The monoisotopic (exact) mass is 280 g/mol. The summed E-state index contributed by atoms with van der Waals surface area (Å²) in [7, 11) is 0. The number of pyridine rings is 1. The Morgan fingerprint density at radius 1 is 1.14 bits per heavy atom. The van der Waals surface area contributed by atoms with Gasteiger partial charge in [-0.1, -0.05) is 30.3 Å². The van der Waals surface area contributed by atoms with Gasteiger partial charge in [-0.3, -0.25) is 9.59 Å². The van der Waals surface area contributed by atoms with Crippen molar-refractivity contribution in [2.75, 3.05) is 0 Å². The first kappa shape index (κ1) is 13.2. The van der Waals surface area contributed by atoms with Crippen molar-refractivity contribution in [3.8, 4) is 0 Å². The van der Waals surface area contributed by atoms with Crippen LogP contribution in [0.25, 0.3) is 0 Å². The molecule has 0 saturated heterocycles. The second-order valence-electron chi connectivity index (χ2n) is 4.59. The van der Waals surface area contributed by atoms with Crippen LogP contribution in [0.2, 0.25) is 0 Å². The Balaban J connectivity index is 1.71. The van der Waals surface area contributed by atoms with Crippen LogP contribution in [0.15, 0.2) is 53.7 Å². The zero-order valence-corrected chi connectivity index (χ0v) is 11.1. The summed E-state index contributed by atoms with van der Waals surface area (Å²) in [5.74, 6) is -1.58. The number of ketones is 1. The largest absolute Gasteiger partial charge is 0.460 e. The molecule has 1 aliphatic heterocycles. The molecule has 1 aliphatic rings. The Hall–Kier alpha value is -2.82. The predicted molar refractivity (Wildman–Crippen MR) is 76.4 cm³/mol. The number of esters is 1. The molecule has 21 heavy (non-hydrogen) atoms. The van der Waals surface area contributed by atoms with E-state index in [0.717, 1.165) is 5.56 Å². The molecule has 0 fully saturated rings. The second kappa shape index (κ2) is 5.66. The molecular formula is C16H12N2O3. The molecule has 0 saturated carbocycles. The fourth-order valence-corrected chi connectivity index (χ4v) is 2.06. The van der Waals surface area contributed by atoms with Gasteiger partial charge in [0.2, 0.25) is 0 Å². The van der Waals surface area contributed by atoms with Crippen LogP contribution in [0.5, 0.6) is 0 Å². The van der Waals surface area contributed by atoms with Crippen molar-refractivity contribution in [2.45, 2.75) is 6.61 Å². The molecule has 3 rings (SSSR count). The normalized spacial score (nSPS) is 16.4. The lowest BCUT2D eigenvalue weighted by atomic mass is 9.97. The molecular weight excluding hydrogens is 268 g/mol. The van der Waals surface area contributed by atoms with Crippen molar-refractivity contribution in [2.24, 2.45) is 10.9 Å². The number of Topliss-reactive ketones (excluding diaryl/α,β-unsaturated/α-hetero) is 1. The molecule has 2 aromatic rings. The maximum atomic E-state index is 12.2. The van der Waals surface area contributed by atoms with Crippen molar-refractivity contribution in [1.82, 2.24) is 4.98 Å². The van der Waals surface area contributed by atoms with Crippen LogP contribution < -0.4 is 0 Å². The minimum absolute atomic E-state index is 0.136. The Morgan fingerprint density at radius 3 is 2.76 bits per heavy atom. The molecule has 5 nitrogen and oxygen atoms in total. The number of hydrogen-bond donors (Lipinski definition) is 0. The smallest absolute Gasteiger partial charge is 0.322 e. The lowest BCUT2D eigenvalue weighted by Gasteiger charge is -2.15. The van der Waals surface area contributed by atoms with Crippen LogP contribution in [0, 0.1) is 5.92 Å². The number of rotatable bonds is 3. The van der Waals surface area contributed by atoms with Gasteiger partial charge in [0.15, 0.2) is 17.5 Å². The summed E-state index contributed by atoms with van der Waals surface area (Å²) in [6.45, 7) is 0.136. The van der Waals surface area contributed by atoms with Crippen molar-refractivity contribution in [3.05, 3.63) is 59.8 Å². The molecule has 0 radical (unpaired) electrons. The average molecular weight is 280 g/mol. The van der Waals surface area contributed by atoms with Crippen LogP contribution in [0.1, 0.15) is 15.9 Å². The van der Waals surface area contributed by atoms with Crippen LogP contribution in [-0.4, -0.2) is 23.0 Å². The Bertz CT molecular complexity index is 710. The first-order valence-corrected chi connectivity index (χ1v) is 6.49. The summed E-state index contributed by atoms with van der Waals surface area (Å²) in [4.78, 5) is 32.3. The Labute approximate surface area is 121 Å². The molecule has 1 atom stereocenters. The molecule has 0 N–H and O–H groups in total. The number of benzene rings is 1. The molecule has 1 aromatic heterocycles. The molecule has 2 heterocycles. The van der Waals surface area contributed by atoms with Gasteiger partial charge in [0.25, 0.3) is 0 Å². The van der Waals surface area contributed by atoms with Crippen LogP contribution >= 0.6 is 0 Å². The highest BCUT2D eigenvalue weighted by atomic mass is 16.5. The number of aromatic nitrogens is 1. The van der Waals surface area contributed by atoms with Crippen LogP contribution in [0.3, 0.4) is 0 Å². The van der Waals surface area contributed by atoms with Gasteiger partial charge in [-0.15, -0.1) is 0 Å². The van der Waals surface area contributed by atoms with E-state index in [1.54, 1.807) is 18.3 Å². The Kier molecular flexibility index (Phi) is 3.55. The summed E-state index contributed by atoms with van der Waals surface area (Å²) < 4.78 is 5.18. The highest BCUT2D eigenvalue weighted by Crippen LogP contribution is 2.24. The maximum absolute atomic E-state index is 12.2. The molecule has 0 aliphatic carbocycles. The molecule has 1 unspecified atom stereocenters. The highest BCUT2D eigenvalue weighted by molar-refractivity contribution is 6.21. The van der Waals surface area contributed by atoms with Gasteiger partial charge in [-0.25, -0.2) is 9.98 Å². The van der Waals surface area contributed by atoms with Crippen molar-refractivity contribution in [1.29, 1.82) is 0 Å². The summed E-state index contributed by atoms with van der Waals surface area (Å²) in [5.41, 5.74) is 1.22. The van der Waals surface area contributed by atoms with Gasteiger partial charge in [-0.05, 0) is 17.7 Å². The number of hydrogen-bond acceptors (Lipinski definition) is 5. The van der Waals surface area contributed by atoms with Crippen LogP contribution in [0.4, 0.5) is 5.82 Å². The second-order valence-corrected chi connectivity index (χ2v) is 4.59. The third-order valence-corrected chi connectivity index (χ3v) is 3.16. The number of nitrogens with zero attached hydrogens (tertiary/aromatic N) is 2. The van der Waals surface area contributed by atoms with E-state index in [1.807, 2.05) is 30.3 Å². The van der Waals surface area contributed by atoms with E-state index in [-0.39, 0.29) is 12.4 Å².